The summed E-state index contributed by atoms with van der Waals surface area (Å²) in [6, 6.07) is 0. The minimum absolute atomic E-state index is 0.606. The molecule has 0 atom stereocenters. The number of nitrogens with zero attached hydrogens (tertiary/aromatic N) is 4. The summed E-state index contributed by atoms with van der Waals surface area (Å²) >= 11 is 0. The summed E-state index contributed by atoms with van der Waals surface area (Å²) in [5.74, 6) is 2.82. The first kappa shape index (κ1) is 10.3. The Labute approximate surface area is 105 Å². The molecule has 1 saturated carbocycles. The van der Waals surface area contributed by atoms with E-state index < -0.39 is 0 Å². The Balaban J connectivity index is 2.12. The molecule has 0 amide bonds. The molecule has 94 valence electrons. The number of hydrogen-bond acceptors (Lipinski definition) is 4. The maximum atomic E-state index is 5.51. The van der Waals surface area contributed by atoms with Crippen molar-refractivity contribution in [2.24, 2.45) is 0 Å². The monoisotopic (exact) mass is 244 g/mol. The molecule has 3 aliphatic carbocycles. The lowest BCUT2D eigenvalue weighted by Crippen LogP contribution is -2.24. The number of fused-ring (bicyclic) bond motifs is 3. The molecule has 2 aromatic heterocycles. The Hall–Kier alpha value is -1.65. The van der Waals surface area contributed by atoms with Crippen LogP contribution in [0.2, 0.25) is 0 Å². The molecular weight excluding hydrogens is 228 g/mol. The standard InChI is InChI=1S/C13H16N4O/c1-7-14-15-12-10-8-3-5-9(6-4-8)11(10)13(18-2)16-17(7)12/h8-9H,3-6H2,1-2H3. The minimum atomic E-state index is 0.606. The first-order valence-electron chi connectivity index (χ1n) is 6.59. The lowest BCUT2D eigenvalue weighted by atomic mass is 9.67. The topological polar surface area (TPSA) is 52.3 Å². The third-order valence-corrected chi connectivity index (χ3v) is 4.49. The van der Waals surface area contributed by atoms with Crippen LogP contribution >= 0.6 is 0 Å². The molecule has 0 spiro atoms. The molecule has 2 aromatic rings. The molecule has 5 nitrogen and oxygen atoms in total. The van der Waals surface area contributed by atoms with Crippen LogP contribution in [-0.2, 0) is 0 Å². The highest BCUT2D eigenvalue weighted by molar-refractivity contribution is 5.59. The Morgan fingerprint density at radius 2 is 1.72 bits per heavy atom. The van der Waals surface area contributed by atoms with Gasteiger partial charge in [-0.15, -0.1) is 15.3 Å². The molecule has 5 rings (SSSR count). The van der Waals surface area contributed by atoms with Crippen molar-refractivity contribution in [2.45, 2.75) is 44.4 Å². The number of ether oxygens (including phenoxy) is 1. The molecule has 0 radical (unpaired) electrons. The number of aromatic nitrogens is 4. The second-order valence-corrected chi connectivity index (χ2v) is 5.37. The van der Waals surface area contributed by atoms with Crippen LogP contribution in [0.4, 0.5) is 0 Å². The largest absolute Gasteiger partial charge is 0.480 e. The summed E-state index contributed by atoms with van der Waals surface area (Å²) in [5, 5.41) is 13.0. The van der Waals surface area contributed by atoms with Crippen LogP contribution in [0.25, 0.3) is 5.65 Å². The average molecular weight is 244 g/mol. The van der Waals surface area contributed by atoms with Crippen LogP contribution in [0.3, 0.4) is 0 Å². The van der Waals surface area contributed by atoms with Gasteiger partial charge in [-0.25, -0.2) is 0 Å². The van der Waals surface area contributed by atoms with Crippen LogP contribution in [-0.4, -0.2) is 26.9 Å². The lowest BCUT2D eigenvalue weighted by Gasteiger charge is -2.38. The third kappa shape index (κ3) is 1.14. The molecule has 2 bridgehead atoms. The third-order valence-electron chi connectivity index (χ3n) is 4.49. The minimum Gasteiger partial charge on any atom is -0.480 e. The SMILES string of the molecule is COc1nn2c(C)nnc2c2c1C1CCC2CC1. The van der Waals surface area contributed by atoms with E-state index in [4.69, 9.17) is 4.74 Å². The summed E-state index contributed by atoms with van der Waals surface area (Å²) in [4.78, 5) is 0. The Morgan fingerprint density at radius 1 is 1.06 bits per heavy atom. The van der Waals surface area contributed by atoms with Gasteiger partial charge in [0.15, 0.2) is 11.5 Å². The number of aryl methyl sites for hydroxylation is 1. The van der Waals surface area contributed by atoms with Gasteiger partial charge < -0.3 is 4.74 Å². The fourth-order valence-corrected chi connectivity index (χ4v) is 3.64. The van der Waals surface area contributed by atoms with Crippen molar-refractivity contribution in [1.82, 2.24) is 19.8 Å². The normalized spacial score (nSPS) is 25.4. The van der Waals surface area contributed by atoms with Gasteiger partial charge in [0.25, 0.3) is 0 Å². The van der Waals surface area contributed by atoms with Gasteiger partial charge in [0, 0.05) is 11.1 Å². The van der Waals surface area contributed by atoms with Gasteiger partial charge in [-0.1, -0.05) is 0 Å². The van der Waals surface area contributed by atoms with E-state index in [1.54, 1.807) is 7.11 Å². The molecule has 0 aromatic carbocycles. The molecule has 3 aliphatic rings. The van der Waals surface area contributed by atoms with Crippen LogP contribution in [0.15, 0.2) is 0 Å². The lowest BCUT2D eigenvalue weighted by molar-refractivity contribution is 0.324. The van der Waals surface area contributed by atoms with Gasteiger partial charge >= 0.3 is 0 Å². The van der Waals surface area contributed by atoms with Gasteiger partial charge in [-0.3, -0.25) is 0 Å². The molecule has 0 N–H and O–H groups in total. The van der Waals surface area contributed by atoms with Crippen molar-refractivity contribution in [2.75, 3.05) is 7.11 Å². The average Bonchev–Trinajstić information content (AvgIpc) is 2.81. The number of rotatable bonds is 1. The summed E-state index contributed by atoms with van der Waals surface area (Å²) in [6.45, 7) is 1.93. The van der Waals surface area contributed by atoms with Crippen molar-refractivity contribution < 1.29 is 4.74 Å². The zero-order chi connectivity index (χ0) is 12.3. The van der Waals surface area contributed by atoms with Gasteiger partial charge in [0.1, 0.15) is 0 Å². The maximum absolute atomic E-state index is 5.51. The van der Waals surface area contributed by atoms with Gasteiger partial charge in [0.05, 0.1) is 7.11 Å². The molecule has 0 saturated heterocycles. The first-order chi connectivity index (χ1) is 8.79. The van der Waals surface area contributed by atoms with Gasteiger partial charge in [-0.05, 0) is 44.4 Å². The summed E-state index contributed by atoms with van der Waals surface area (Å²) in [7, 11) is 1.70. The Morgan fingerprint density at radius 3 is 2.39 bits per heavy atom. The van der Waals surface area contributed by atoms with Crippen LogP contribution < -0.4 is 4.74 Å². The predicted molar refractivity (Wildman–Crippen MR) is 66.0 cm³/mol. The van der Waals surface area contributed by atoms with E-state index >= 15 is 0 Å². The summed E-state index contributed by atoms with van der Waals surface area (Å²) in [6.07, 6.45) is 5.07. The quantitative estimate of drug-likeness (QED) is 0.771. The van der Waals surface area contributed by atoms with E-state index in [2.05, 4.69) is 15.3 Å². The van der Waals surface area contributed by atoms with Crippen LogP contribution in [0.1, 0.15) is 54.5 Å². The molecular formula is C13H16N4O. The van der Waals surface area contributed by atoms with Crippen LogP contribution in [0.5, 0.6) is 5.88 Å². The first-order valence-corrected chi connectivity index (χ1v) is 6.59. The van der Waals surface area contributed by atoms with Crippen molar-refractivity contribution in [3.63, 3.8) is 0 Å². The highest BCUT2D eigenvalue weighted by Crippen LogP contribution is 2.52. The molecule has 0 aliphatic heterocycles. The van der Waals surface area contributed by atoms with E-state index in [0.717, 1.165) is 17.4 Å². The van der Waals surface area contributed by atoms with E-state index in [9.17, 15) is 0 Å². The van der Waals surface area contributed by atoms with Gasteiger partial charge in [0.2, 0.25) is 5.88 Å². The van der Waals surface area contributed by atoms with E-state index in [0.29, 0.717) is 11.8 Å². The molecule has 2 heterocycles. The predicted octanol–water partition coefficient (Wildman–Crippen LogP) is 2.20. The van der Waals surface area contributed by atoms with E-state index in [-0.39, 0.29) is 0 Å². The van der Waals surface area contributed by atoms with Crippen LogP contribution in [0, 0.1) is 6.92 Å². The fraction of sp³-hybridized carbons (Fsp3) is 0.615. The molecule has 0 unspecified atom stereocenters. The maximum Gasteiger partial charge on any atom is 0.235 e. The fourth-order valence-electron chi connectivity index (χ4n) is 3.64. The smallest absolute Gasteiger partial charge is 0.235 e. The highest BCUT2D eigenvalue weighted by Gasteiger charge is 2.38. The highest BCUT2D eigenvalue weighted by atomic mass is 16.5. The zero-order valence-electron chi connectivity index (χ0n) is 10.7. The van der Waals surface area contributed by atoms with Crippen molar-refractivity contribution in [1.29, 1.82) is 0 Å². The molecule has 1 fully saturated rings. The second kappa shape index (κ2) is 3.43. The van der Waals surface area contributed by atoms with Gasteiger partial charge in [-0.2, -0.15) is 4.52 Å². The van der Waals surface area contributed by atoms with Crippen molar-refractivity contribution >= 4 is 5.65 Å². The van der Waals surface area contributed by atoms with Crippen molar-refractivity contribution in [3.8, 4) is 5.88 Å². The number of hydrogen-bond donors (Lipinski definition) is 0. The summed E-state index contributed by atoms with van der Waals surface area (Å²) in [5.41, 5.74) is 3.60. The summed E-state index contributed by atoms with van der Waals surface area (Å²) < 4.78 is 7.34. The Bertz CT molecular complexity index is 625. The Kier molecular flexibility index (Phi) is 1.96. The molecule has 5 heteroatoms. The van der Waals surface area contributed by atoms with E-state index in [1.165, 1.54) is 36.8 Å². The zero-order valence-corrected chi connectivity index (χ0v) is 10.7. The van der Waals surface area contributed by atoms with Crippen molar-refractivity contribution in [3.05, 3.63) is 17.0 Å². The molecule has 18 heavy (non-hydrogen) atoms. The second-order valence-electron chi connectivity index (χ2n) is 5.37. The van der Waals surface area contributed by atoms with E-state index in [1.807, 2.05) is 11.4 Å². The number of methoxy groups -OCH3 is 1.